The van der Waals surface area contributed by atoms with Gasteiger partial charge in [-0.05, 0) is 38.8 Å². The van der Waals surface area contributed by atoms with E-state index in [0.717, 1.165) is 5.69 Å². The van der Waals surface area contributed by atoms with E-state index in [4.69, 9.17) is 16.3 Å². The molecule has 3 aromatic rings. The van der Waals surface area contributed by atoms with Gasteiger partial charge in [-0.3, -0.25) is 4.79 Å². The summed E-state index contributed by atoms with van der Waals surface area (Å²) in [6, 6.07) is 6.59. The van der Waals surface area contributed by atoms with Gasteiger partial charge in [0.2, 0.25) is 0 Å². The number of ether oxygens (including phenoxy) is 1. The summed E-state index contributed by atoms with van der Waals surface area (Å²) < 4.78 is 7.19. The largest absolute Gasteiger partial charge is 0.494 e. The molecule has 0 unspecified atom stereocenters. The number of carbonyl (C=O) groups excluding carboxylic acids is 1. The van der Waals surface area contributed by atoms with Crippen molar-refractivity contribution in [3.8, 4) is 5.75 Å². The second-order valence-electron chi connectivity index (χ2n) is 6.87. The quantitative estimate of drug-likeness (QED) is 0.632. The predicted octanol–water partition coefficient (Wildman–Crippen LogP) is 3.35. The Bertz CT molecular complexity index is 979. The zero-order valence-electron chi connectivity index (χ0n) is 15.4. The van der Waals surface area contributed by atoms with Crippen molar-refractivity contribution in [2.45, 2.75) is 32.3 Å². The zero-order valence-corrected chi connectivity index (χ0v) is 16.1. The van der Waals surface area contributed by atoms with E-state index in [1.807, 2.05) is 10.6 Å². The third-order valence-electron chi connectivity index (χ3n) is 4.01. The first-order valence-corrected chi connectivity index (χ1v) is 8.85. The number of hydrogen-bond donors (Lipinski definition) is 2. The highest BCUT2D eigenvalue weighted by molar-refractivity contribution is 6.29. The van der Waals surface area contributed by atoms with Crippen molar-refractivity contribution in [1.29, 1.82) is 0 Å². The Balaban J connectivity index is 1.87. The average Bonchev–Trinajstić information content (AvgIpc) is 3.00. The lowest BCUT2D eigenvalue weighted by atomic mass is 10.0. The van der Waals surface area contributed by atoms with Gasteiger partial charge in [-0.2, -0.15) is 0 Å². The normalized spacial score (nSPS) is 11.6. The first-order valence-electron chi connectivity index (χ1n) is 8.47. The Hall–Kier alpha value is -2.64. The summed E-state index contributed by atoms with van der Waals surface area (Å²) in [5, 5.41) is 12.9. The first kappa shape index (κ1) is 19.1. The number of hydrogen-bond acceptors (Lipinski definition) is 5. The van der Waals surface area contributed by atoms with Gasteiger partial charge >= 0.3 is 0 Å². The summed E-state index contributed by atoms with van der Waals surface area (Å²) >= 11 is 5.85. The van der Waals surface area contributed by atoms with Crippen LogP contribution in [-0.2, 0) is 6.42 Å². The molecule has 8 heteroatoms. The topological polar surface area (TPSA) is 88.8 Å². The summed E-state index contributed by atoms with van der Waals surface area (Å²) in [5.41, 5.74) is 1.48. The van der Waals surface area contributed by atoms with Crippen molar-refractivity contribution < 1.29 is 14.6 Å². The Morgan fingerprint density at radius 3 is 2.78 bits per heavy atom. The Labute approximate surface area is 162 Å². The molecule has 27 heavy (non-hydrogen) atoms. The molecule has 3 heterocycles. The van der Waals surface area contributed by atoms with Gasteiger partial charge in [-0.1, -0.05) is 17.7 Å². The van der Waals surface area contributed by atoms with Crippen molar-refractivity contribution in [3.63, 3.8) is 0 Å². The predicted molar refractivity (Wildman–Crippen MR) is 104 cm³/mol. The fourth-order valence-electron chi connectivity index (χ4n) is 2.61. The molecule has 3 aromatic heterocycles. The van der Waals surface area contributed by atoms with E-state index in [9.17, 15) is 9.90 Å². The van der Waals surface area contributed by atoms with Crippen LogP contribution in [0.4, 0.5) is 5.69 Å². The molecule has 0 aliphatic heterocycles. The van der Waals surface area contributed by atoms with Gasteiger partial charge in [0.05, 0.1) is 18.4 Å². The highest BCUT2D eigenvalue weighted by atomic mass is 35.5. The lowest BCUT2D eigenvalue weighted by Crippen LogP contribution is -2.19. The minimum atomic E-state index is -0.753. The number of imidazole rings is 1. The molecule has 7 nitrogen and oxygen atoms in total. The van der Waals surface area contributed by atoms with Gasteiger partial charge in [-0.25, -0.2) is 9.97 Å². The number of aliphatic hydroxyl groups is 1. The maximum absolute atomic E-state index is 12.4. The SMILES string of the molecule is COc1cc2nc(CCC(C)(C)O)cn2cc1NC(=O)c1cccc(Cl)n1. The van der Waals surface area contributed by atoms with Crippen LogP contribution >= 0.6 is 11.6 Å². The summed E-state index contributed by atoms with van der Waals surface area (Å²) in [6.07, 6.45) is 4.84. The molecule has 0 spiro atoms. The molecule has 142 valence electrons. The summed E-state index contributed by atoms with van der Waals surface area (Å²) in [4.78, 5) is 21.0. The van der Waals surface area contributed by atoms with E-state index < -0.39 is 11.5 Å². The fraction of sp³-hybridized carbons (Fsp3) is 0.316. The van der Waals surface area contributed by atoms with Crippen LogP contribution < -0.4 is 10.1 Å². The number of aryl methyl sites for hydroxylation is 1. The Morgan fingerprint density at radius 2 is 2.11 bits per heavy atom. The number of pyridine rings is 2. The maximum Gasteiger partial charge on any atom is 0.274 e. The van der Waals surface area contributed by atoms with Gasteiger partial charge in [0.1, 0.15) is 27.9 Å². The minimum Gasteiger partial charge on any atom is -0.494 e. The standard InChI is InChI=1S/C19H21ClN4O3/c1-19(2,26)8-7-12-10-24-11-14(15(27-3)9-17(24)21-12)23-18(25)13-5-4-6-16(20)22-13/h4-6,9-11,26H,7-8H2,1-3H3,(H,23,25). The molecular formula is C19H21ClN4O3. The third kappa shape index (κ3) is 4.75. The van der Waals surface area contributed by atoms with E-state index >= 15 is 0 Å². The molecule has 0 aromatic carbocycles. The number of fused-ring (bicyclic) bond motifs is 1. The minimum absolute atomic E-state index is 0.209. The van der Waals surface area contributed by atoms with Gasteiger partial charge in [0.25, 0.3) is 5.91 Å². The average molecular weight is 389 g/mol. The van der Waals surface area contributed by atoms with Crippen LogP contribution in [0.5, 0.6) is 5.75 Å². The maximum atomic E-state index is 12.4. The highest BCUT2D eigenvalue weighted by Gasteiger charge is 2.16. The zero-order chi connectivity index (χ0) is 19.6. The van der Waals surface area contributed by atoms with Crippen molar-refractivity contribution >= 4 is 28.8 Å². The third-order valence-corrected chi connectivity index (χ3v) is 4.22. The molecule has 0 saturated carbocycles. The molecule has 0 fully saturated rings. The smallest absolute Gasteiger partial charge is 0.274 e. The number of nitrogens with zero attached hydrogens (tertiary/aromatic N) is 3. The van der Waals surface area contributed by atoms with Gasteiger partial charge in [0.15, 0.2) is 0 Å². The molecule has 0 bridgehead atoms. The second kappa shape index (κ2) is 7.54. The van der Waals surface area contributed by atoms with Crippen LogP contribution in [-0.4, -0.2) is 38.1 Å². The summed E-state index contributed by atoms with van der Waals surface area (Å²) in [5.74, 6) is 0.0926. The van der Waals surface area contributed by atoms with E-state index in [1.54, 1.807) is 44.3 Å². The molecule has 0 atom stereocenters. The van der Waals surface area contributed by atoms with Crippen molar-refractivity contribution in [1.82, 2.24) is 14.4 Å². The van der Waals surface area contributed by atoms with E-state index in [-0.39, 0.29) is 10.8 Å². The number of methoxy groups -OCH3 is 1. The number of nitrogens with one attached hydrogen (secondary N) is 1. The van der Waals surface area contributed by atoms with Crippen LogP contribution in [0, 0.1) is 0 Å². The van der Waals surface area contributed by atoms with Crippen LogP contribution in [0.3, 0.4) is 0 Å². The molecule has 0 saturated heterocycles. The van der Waals surface area contributed by atoms with Crippen LogP contribution in [0.1, 0.15) is 36.5 Å². The molecule has 1 amide bonds. The molecular weight excluding hydrogens is 368 g/mol. The lowest BCUT2D eigenvalue weighted by molar-refractivity contribution is 0.0711. The Morgan fingerprint density at radius 1 is 1.33 bits per heavy atom. The molecule has 0 aliphatic carbocycles. The number of carbonyl (C=O) groups is 1. The number of rotatable bonds is 6. The second-order valence-corrected chi connectivity index (χ2v) is 7.25. The van der Waals surface area contributed by atoms with Gasteiger partial charge in [0, 0.05) is 18.5 Å². The number of anilines is 1. The van der Waals surface area contributed by atoms with E-state index in [2.05, 4.69) is 15.3 Å². The van der Waals surface area contributed by atoms with Crippen molar-refractivity contribution in [2.75, 3.05) is 12.4 Å². The molecule has 0 radical (unpaired) electrons. The van der Waals surface area contributed by atoms with Crippen LogP contribution in [0.15, 0.2) is 36.7 Å². The fourth-order valence-corrected chi connectivity index (χ4v) is 2.77. The number of amides is 1. The summed E-state index contributed by atoms with van der Waals surface area (Å²) in [6.45, 7) is 3.53. The molecule has 0 aliphatic rings. The van der Waals surface area contributed by atoms with Crippen LogP contribution in [0.2, 0.25) is 5.15 Å². The van der Waals surface area contributed by atoms with E-state index in [0.29, 0.717) is 29.9 Å². The lowest BCUT2D eigenvalue weighted by Gasteiger charge is -2.15. The summed E-state index contributed by atoms with van der Waals surface area (Å²) in [7, 11) is 1.53. The highest BCUT2D eigenvalue weighted by Crippen LogP contribution is 2.27. The Kier molecular flexibility index (Phi) is 5.34. The number of aromatic nitrogens is 3. The van der Waals surface area contributed by atoms with E-state index in [1.165, 1.54) is 7.11 Å². The van der Waals surface area contributed by atoms with Crippen molar-refractivity contribution in [3.05, 3.63) is 53.2 Å². The van der Waals surface area contributed by atoms with Crippen molar-refractivity contribution in [2.24, 2.45) is 0 Å². The number of halogens is 1. The monoisotopic (exact) mass is 388 g/mol. The molecule has 3 rings (SSSR count). The van der Waals surface area contributed by atoms with Gasteiger partial charge in [-0.15, -0.1) is 0 Å². The first-order chi connectivity index (χ1) is 12.7. The van der Waals surface area contributed by atoms with Crippen LogP contribution in [0.25, 0.3) is 5.65 Å². The molecule has 2 N–H and O–H groups in total. The van der Waals surface area contributed by atoms with Gasteiger partial charge < -0.3 is 19.6 Å².